The van der Waals surface area contributed by atoms with Crippen LogP contribution in [0.1, 0.15) is 33.6 Å². The van der Waals surface area contributed by atoms with Crippen LogP contribution in [0.2, 0.25) is 0 Å². The molecule has 1 saturated heterocycles. The Hall–Kier alpha value is -0.740. The van der Waals surface area contributed by atoms with Gasteiger partial charge in [-0.05, 0) is 20.8 Å². The summed E-state index contributed by atoms with van der Waals surface area (Å²) in [6, 6.07) is 0. The van der Waals surface area contributed by atoms with E-state index in [9.17, 15) is 9.59 Å². The van der Waals surface area contributed by atoms with Crippen LogP contribution in [0.3, 0.4) is 0 Å². The number of hydrogen-bond acceptors (Lipinski definition) is 4. The van der Waals surface area contributed by atoms with Crippen molar-refractivity contribution >= 4 is 12.1 Å². The van der Waals surface area contributed by atoms with Gasteiger partial charge in [0.1, 0.15) is 18.2 Å². The maximum atomic E-state index is 10.9. The van der Waals surface area contributed by atoms with Gasteiger partial charge in [0.05, 0.1) is 6.10 Å². The number of carbonyl (C=O) groups is 2. The Bertz CT molecular complexity index is 234. The second-order valence-corrected chi connectivity index (χ2v) is 4.07. The molecular formula is C10H16O4. The van der Waals surface area contributed by atoms with Crippen LogP contribution in [0.4, 0.5) is 0 Å². The fraction of sp³-hybridized carbons (Fsp3) is 0.800. The van der Waals surface area contributed by atoms with E-state index < -0.39 is 11.9 Å². The topological polar surface area (TPSA) is 52.6 Å². The number of carbonyl (C=O) groups excluding carboxylic acids is 2. The highest BCUT2D eigenvalue weighted by atomic mass is 16.7. The lowest BCUT2D eigenvalue weighted by Gasteiger charge is -2.38. The Morgan fingerprint density at radius 1 is 1.50 bits per heavy atom. The van der Waals surface area contributed by atoms with E-state index >= 15 is 0 Å². The molecule has 1 rings (SSSR count). The summed E-state index contributed by atoms with van der Waals surface area (Å²) in [6.45, 7) is 5.01. The first-order valence-corrected chi connectivity index (χ1v) is 4.73. The van der Waals surface area contributed by atoms with Crippen LogP contribution in [-0.2, 0) is 19.1 Å². The second-order valence-electron chi connectivity index (χ2n) is 4.07. The maximum Gasteiger partial charge on any atom is 0.164 e. The summed E-state index contributed by atoms with van der Waals surface area (Å²) in [5.41, 5.74) is 0. The smallest absolute Gasteiger partial charge is 0.164 e. The van der Waals surface area contributed by atoms with E-state index in [-0.39, 0.29) is 11.9 Å². The molecule has 0 unspecified atom stereocenters. The molecule has 0 radical (unpaired) electrons. The van der Waals surface area contributed by atoms with Crippen LogP contribution >= 0.6 is 0 Å². The van der Waals surface area contributed by atoms with Gasteiger partial charge in [-0.25, -0.2) is 0 Å². The predicted molar refractivity (Wildman–Crippen MR) is 49.8 cm³/mol. The van der Waals surface area contributed by atoms with Crippen LogP contribution in [0.25, 0.3) is 0 Å². The quantitative estimate of drug-likeness (QED) is 0.639. The molecule has 0 aromatic carbocycles. The molecule has 1 aliphatic rings. The van der Waals surface area contributed by atoms with Crippen molar-refractivity contribution in [3.63, 3.8) is 0 Å². The fourth-order valence-electron chi connectivity index (χ4n) is 1.68. The standard InChI is InChI=1S/C10H16O4/c1-7(12)4-8-5-9(6-11)14-10(2,3)13-8/h6,8-9H,4-5H2,1-3H3/t8-,9-/m0/s1. The zero-order valence-corrected chi connectivity index (χ0v) is 8.78. The van der Waals surface area contributed by atoms with Crippen LogP contribution in [0.15, 0.2) is 0 Å². The zero-order valence-electron chi connectivity index (χ0n) is 8.78. The van der Waals surface area contributed by atoms with Crippen molar-refractivity contribution in [2.75, 3.05) is 0 Å². The lowest BCUT2D eigenvalue weighted by atomic mass is 10.0. The third-order valence-electron chi connectivity index (χ3n) is 2.05. The summed E-state index contributed by atoms with van der Waals surface area (Å²) < 4.78 is 10.8. The highest BCUT2D eigenvalue weighted by Crippen LogP contribution is 2.27. The lowest BCUT2D eigenvalue weighted by molar-refractivity contribution is -0.290. The molecule has 0 saturated carbocycles. The lowest BCUT2D eigenvalue weighted by Crippen LogP contribution is -2.45. The third kappa shape index (κ3) is 3.20. The summed E-state index contributed by atoms with van der Waals surface area (Å²) in [5.74, 6) is -0.707. The molecule has 80 valence electrons. The molecule has 0 aromatic heterocycles. The minimum atomic E-state index is -0.774. The van der Waals surface area contributed by atoms with Crippen LogP contribution < -0.4 is 0 Å². The number of ether oxygens (including phenoxy) is 2. The minimum absolute atomic E-state index is 0.0670. The molecule has 4 nitrogen and oxygen atoms in total. The second kappa shape index (κ2) is 4.19. The van der Waals surface area contributed by atoms with Gasteiger partial charge in [0.15, 0.2) is 5.79 Å². The normalized spacial score (nSPS) is 31.1. The van der Waals surface area contributed by atoms with Crippen molar-refractivity contribution in [1.29, 1.82) is 0 Å². The highest BCUT2D eigenvalue weighted by Gasteiger charge is 2.35. The minimum Gasteiger partial charge on any atom is -0.347 e. The van der Waals surface area contributed by atoms with E-state index in [1.54, 1.807) is 13.8 Å². The third-order valence-corrected chi connectivity index (χ3v) is 2.05. The Labute approximate surface area is 83.6 Å². The first-order valence-electron chi connectivity index (χ1n) is 4.73. The summed E-state index contributed by atoms with van der Waals surface area (Å²) in [7, 11) is 0. The predicted octanol–water partition coefficient (Wildman–Crippen LogP) is 1.07. The van der Waals surface area contributed by atoms with E-state index in [0.717, 1.165) is 6.29 Å². The molecule has 2 atom stereocenters. The van der Waals surface area contributed by atoms with Crippen LogP contribution in [0.5, 0.6) is 0 Å². The molecule has 0 bridgehead atoms. The van der Waals surface area contributed by atoms with Gasteiger partial charge in [-0.1, -0.05) is 0 Å². The number of Topliss-reactive ketones (excluding diaryl/α,β-unsaturated/α-hetero) is 1. The van der Waals surface area contributed by atoms with Crippen LogP contribution in [0, 0.1) is 0 Å². The molecule has 14 heavy (non-hydrogen) atoms. The van der Waals surface area contributed by atoms with Gasteiger partial charge in [-0.3, -0.25) is 4.79 Å². The molecule has 4 heteroatoms. The van der Waals surface area contributed by atoms with Gasteiger partial charge in [0.2, 0.25) is 0 Å². The molecule has 0 aliphatic carbocycles. The van der Waals surface area contributed by atoms with Gasteiger partial charge in [-0.15, -0.1) is 0 Å². The molecule has 1 heterocycles. The monoisotopic (exact) mass is 200 g/mol. The SMILES string of the molecule is CC(=O)C[C@H]1C[C@@H](C=O)OC(C)(C)O1. The molecule has 0 amide bonds. The Kier molecular flexibility index (Phi) is 3.39. The van der Waals surface area contributed by atoms with Crippen LogP contribution in [-0.4, -0.2) is 30.1 Å². The van der Waals surface area contributed by atoms with Crippen molar-refractivity contribution in [3.05, 3.63) is 0 Å². The maximum absolute atomic E-state index is 10.9. The molecule has 1 aliphatic heterocycles. The van der Waals surface area contributed by atoms with Crippen molar-refractivity contribution in [2.24, 2.45) is 0 Å². The summed E-state index contributed by atoms with van der Waals surface area (Å²) in [5, 5.41) is 0. The number of rotatable bonds is 3. The van der Waals surface area contributed by atoms with Crippen molar-refractivity contribution in [1.82, 2.24) is 0 Å². The highest BCUT2D eigenvalue weighted by molar-refractivity contribution is 5.76. The summed E-state index contributed by atoms with van der Waals surface area (Å²) >= 11 is 0. The van der Waals surface area contributed by atoms with Crippen molar-refractivity contribution in [3.8, 4) is 0 Å². The van der Waals surface area contributed by atoms with Gasteiger partial charge < -0.3 is 14.3 Å². The summed E-state index contributed by atoms with van der Waals surface area (Å²) in [4.78, 5) is 21.5. The van der Waals surface area contributed by atoms with E-state index in [1.807, 2.05) is 0 Å². The van der Waals surface area contributed by atoms with E-state index in [4.69, 9.17) is 9.47 Å². The largest absolute Gasteiger partial charge is 0.347 e. The van der Waals surface area contributed by atoms with Crippen molar-refractivity contribution in [2.45, 2.75) is 51.6 Å². The van der Waals surface area contributed by atoms with Gasteiger partial charge >= 0.3 is 0 Å². The molecule has 0 aromatic rings. The number of hydrogen-bond donors (Lipinski definition) is 0. The first-order chi connectivity index (χ1) is 6.43. The van der Waals surface area contributed by atoms with E-state index in [1.165, 1.54) is 6.92 Å². The van der Waals surface area contributed by atoms with Gasteiger partial charge in [-0.2, -0.15) is 0 Å². The fourth-order valence-corrected chi connectivity index (χ4v) is 1.68. The molecular weight excluding hydrogens is 184 g/mol. The van der Waals surface area contributed by atoms with Gasteiger partial charge in [0.25, 0.3) is 0 Å². The zero-order chi connectivity index (χ0) is 10.8. The average Bonchev–Trinajstić information content (AvgIpc) is 1.99. The first kappa shape index (κ1) is 11.3. The Morgan fingerprint density at radius 3 is 2.64 bits per heavy atom. The molecule has 0 N–H and O–H groups in total. The van der Waals surface area contributed by atoms with E-state index in [0.29, 0.717) is 12.8 Å². The van der Waals surface area contributed by atoms with Crippen molar-refractivity contribution < 1.29 is 19.1 Å². The Morgan fingerprint density at radius 2 is 2.14 bits per heavy atom. The molecule has 1 fully saturated rings. The summed E-state index contributed by atoms with van der Waals surface area (Å²) in [6.07, 6.45) is 0.913. The number of ketones is 1. The Balaban J connectivity index is 2.60. The molecule has 0 spiro atoms. The van der Waals surface area contributed by atoms with E-state index in [2.05, 4.69) is 0 Å². The average molecular weight is 200 g/mol. The number of aldehydes is 1. The van der Waals surface area contributed by atoms with Gasteiger partial charge in [0, 0.05) is 12.8 Å².